The molecular formula is C15H22BrNO. The van der Waals surface area contributed by atoms with E-state index in [1.54, 1.807) is 0 Å². The van der Waals surface area contributed by atoms with Crippen molar-refractivity contribution >= 4 is 15.9 Å². The lowest BCUT2D eigenvalue weighted by Gasteiger charge is -2.25. The zero-order chi connectivity index (χ0) is 13.4. The van der Waals surface area contributed by atoms with Crippen LogP contribution in [0.5, 0.6) is 0 Å². The van der Waals surface area contributed by atoms with Crippen molar-refractivity contribution < 1.29 is 4.74 Å². The van der Waals surface area contributed by atoms with E-state index in [0.29, 0.717) is 6.61 Å². The second-order valence-corrected chi connectivity index (χ2v) is 6.38. The molecule has 1 N–H and O–H groups in total. The zero-order valence-electron chi connectivity index (χ0n) is 11.2. The van der Waals surface area contributed by atoms with Crippen molar-refractivity contribution in [2.24, 2.45) is 5.41 Å². The summed E-state index contributed by atoms with van der Waals surface area (Å²) in [6, 6.07) is 10.4. The van der Waals surface area contributed by atoms with Gasteiger partial charge in [-0.15, -0.1) is 0 Å². The van der Waals surface area contributed by atoms with Gasteiger partial charge in [0.15, 0.2) is 0 Å². The van der Waals surface area contributed by atoms with Crippen molar-refractivity contribution in [2.75, 3.05) is 19.8 Å². The first-order valence-corrected chi connectivity index (χ1v) is 6.94. The van der Waals surface area contributed by atoms with Crippen LogP contribution in [0.4, 0.5) is 0 Å². The summed E-state index contributed by atoms with van der Waals surface area (Å²) in [5.41, 5.74) is 1.43. The van der Waals surface area contributed by atoms with Crippen LogP contribution in [0.2, 0.25) is 0 Å². The summed E-state index contributed by atoms with van der Waals surface area (Å²) >= 11 is 3.29. The first-order chi connectivity index (χ1) is 8.49. The third-order valence-electron chi connectivity index (χ3n) is 2.53. The predicted molar refractivity (Wildman–Crippen MR) is 80.8 cm³/mol. The average molecular weight is 312 g/mol. The van der Waals surface area contributed by atoms with Gasteiger partial charge in [-0.3, -0.25) is 0 Å². The quantitative estimate of drug-likeness (QED) is 0.790. The second kappa shape index (κ2) is 7.72. The van der Waals surface area contributed by atoms with Gasteiger partial charge < -0.3 is 10.1 Å². The minimum atomic E-state index is 0.122. The van der Waals surface area contributed by atoms with Gasteiger partial charge in [0.1, 0.15) is 0 Å². The first-order valence-electron chi connectivity index (χ1n) is 6.15. The SMILES string of the molecule is C=C(Br)COCC(C)(C)CNCc1ccccc1. The summed E-state index contributed by atoms with van der Waals surface area (Å²) in [5, 5.41) is 3.47. The van der Waals surface area contributed by atoms with Crippen LogP contribution in [0.3, 0.4) is 0 Å². The molecule has 0 amide bonds. The predicted octanol–water partition coefficient (Wildman–Crippen LogP) is 3.73. The van der Waals surface area contributed by atoms with Crippen molar-refractivity contribution in [3.05, 3.63) is 47.0 Å². The second-order valence-electron chi connectivity index (χ2n) is 5.26. The molecule has 0 saturated heterocycles. The van der Waals surface area contributed by atoms with Crippen molar-refractivity contribution in [2.45, 2.75) is 20.4 Å². The van der Waals surface area contributed by atoms with Crippen molar-refractivity contribution in [1.29, 1.82) is 0 Å². The summed E-state index contributed by atoms with van der Waals surface area (Å²) in [7, 11) is 0. The number of benzene rings is 1. The van der Waals surface area contributed by atoms with Crippen molar-refractivity contribution in [3.63, 3.8) is 0 Å². The molecule has 1 aromatic rings. The Kier molecular flexibility index (Phi) is 6.61. The van der Waals surface area contributed by atoms with Gasteiger partial charge in [-0.1, -0.05) is 66.7 Å². The number of halogens is 1. The smallest absolute Gasteiger partial charge is 0.0776 e. The van der Waals surface area contributed by atoms with Crippen LogP contribution in [0, 0.1) is 5.41 Å². The maximum Gasteiger partial charge on any atom is 0.0776 e. The molecule has 0 heterocycles. The Morgan fingerprint density at radius 1 is 1.33 bits per heavy atom. The summed E-state index contributed by atoms with van der Waals surface area (Å²) in [4.78, 5) is 0. The van der Waals surface area contributed by atoms with E-state index in [0.717, 1.165) is 24.2 Å². The number of nitrogens with one attached hydrogen (secondary N) is 1. The summed E-state index contributed by atoms with van der Waals surface area (Å²) in [6.07, 6.45) is 0. The van der Waals surface area contributed by atoms with Crippen LogP contribution in [0.25, 0.3) is 0 Å². The van der Waals surface area contributed by atoms with E-state index in [4.69, 9.17) is 4.74 Å². The summed E-state index contributed by atoms with van der Waals surface area (Å²) in [6.45, 7) is 11.3. The lowest BCUT2D eigenvalue weighted by molar-refractivity contribution is 0.0792. The molecular weight excluding hydrogens is 290 g/mol. The minimum Gasteiger partial charge on any atom is -0.376 e. The lowest BCUT2D eigenvalue weighted by atomic mass is 9.95. The normalized spacial score (nSPS) is 11.5. The molecule has 0 bridgehead atoms. The van der Waals surface area contributed by atoms with Gasteiger partial charge in [0.25, 0.3) is 0 Å². The van der Waals surface area contributed by atoms with E-state index in [9.17, 15) is 0 Å². The Morgan fingerprint density at radius 3 is 2.61 bits per heavy atom. The molecule has 0 spiro atoms. The summed E-state index contributed by atoms with van der Waals surface area (Å²) in [5.74, 6) is 0. The number of hydrogen-bond donors (Lipinski definition) is 1. The van der Waals surface area contributed by atoms with Crippen molar-refractivity contribution in [3.8, 4) is 0 Å². The van der Waals surface area contributed by atoms with Gasteiger partial charge in [0.2, 0.25) is 0 Å². The highest BCUT2D eigenvalue weighted by atomic mass is 79.9. The lowest BCUT2D eigenvalue weighted by Crippen LogP contribution is -2.33. The van der Waals surface area contributed by atoms with Gasteiger partial charge in [0, 0.05) is 23.0 Å². The molecule has 0 aliphatic heterocycles. The molecule has 0 saturated carbocycles. The zero-order valence-corrected chi connectivity index (χ0v) is 12.8. The molecule has 0 aliphatic carbocycles. The fraction of sp³-hybridized carbons (Fsp3) is 0.467. The maximum absolute atomic E-state index is 5.58. The number of ether oxygens (including phenoxy) is 1. The highest BCUT2D eigenvalue weighted by molar-refractivity contribution is 9.11. The monoisotopic (exact) mass is 311 g/mol. The highest BCUT2D eigenvalue weighted by Gasteiger charge is 2.17. The van der Waals surface area contributed by atoms with E-state index in [2.05, 4.69) is 65.9 Å². The maximum atomic E-state index is 5.58. The van der Waals surface area contributed by atoms with E-state index < -0.39 is 0 Å². The Bertz CT molecular complexity index is 362. The number of rotatable bonds is 8. The Labute approximate surface area is 119 Å². The number of hydrogen-bond acceptors (Lipinski definition) is 2. The van der Waals surface area contributed by atoms with Crippen LogP contribution < -0.4 is 5.32 Å². The highest BCUT2D eigenvalue weighted by Crippen LogP contribution is 2.15. The van der Waals surface area contributed by atoms with Gasteiger partial charge in [0.05, 0.1) is 13.2 Å². The third kappa shape index (κ3) is 6.94. The topological polar surface area (TPSA) is 21.3 Å². The average Bonchev–Trinajstić information content (AvgIpc) is 2.29. The molecule has 0 aliphatic rings. The Morgan fingerprint density at radius 2 is 2.00 bits per heavy atom. The molecule has 1 aromatic carbocycles. The Hall–Kier alpha value is -0.640. The molecule has 1 rings (SSSR count). The van der Waals surface area contributed by atoms with E-state index in [1.165, 1.54) is 5.56 Å². The molecule has 2 nitrogen and oxygen atoms in total. The molecule has 0 radical (unpaired) electrons. The molecule has 3 heteroatoms. The molecule has 100 valence electrons. The van der Waals surface area contributed by atoms with Gasteiger partial charge >= 0.3 is 0 Å². The fourth-order valence-corrected chi connectivity index (χ4v) is 1.79. The molecule has 0 fully saturated rings. The van der Waals surface area contributed by atoms with Crippen LogP contribution in [0.15, 0.2) is 41.4 Å². The molecule has 0 atom stereocenters. The largest absolute Gasteiger partial charge is 0.376 e. The van der Waals surface area contributed by atoms with Crippen LogP contribution in [-0.4, -0.2) is 19.8 Å². The molecule has 0 unspecified atom stereocenters. The van der Waals surface area contributed by atoms with Crippen LogP contribution >= 0.6 is 15.9 Å². The minimum absolute atomic E-state index is 0.122. The van der Waals surface area contributed by atoms with Gasteiger partial charge in [-0.25, -0.2) is 0 Å². The van der Waals surface area contributed by atoms with E-state index in [1.807, 2.05) is 6.07 Å². The van der Waals surface area contributed by atoms with Gasteiger partial charge in [-0.05, 0) is 5.56 Å². The van der Waals surface area contributed by atoms with E-state index in [-0.39, 0.29) is 5.41 Å². The van der Waals surface area contributed by atoms with Crippen molar-refractivity contribution in [1.82, 2.24) is 5.32 Å². The molecule has 0 aromatic heterocycles. The van der Waals surface area contributed by atoms with Crippen LogP contribution in [-0.2, 0) is 11.3 Å². The standard InChI is InChI=1S/C15H22BrNO/c1-13(16)10-18-12-15(2,3)11-17-9-14-7-5-4-6-8-14/h4-8,17H,1,9-12H2,2-3H3. The van der Waals surface area contributed by atoms with Gasteiger partial charge in [-0.2, -0.15) is 0 Å². The summed E-state index contributed by atoms with van der Waals surface area (Å²) < 4.78 is 6.46. The van der Waals surface area contributed by atoms with Crippen LogP contribution in [0.1, 0.15) is 19.4 Å². The first kappa shape index (κ1) is 15.4. The fourth-order valence-electron chi connectivity index (χ4n) is 1.63. The third-order valence-corrected chi connectivity index (χ3v) is 2.76. The molecule has 18 heavy (non-hydrogen) atoms. The Balaban J connectivity index is 2.22. The van der Waals surface area contributed by atoms with E-state index >= 15 is 0 Å².